The maximum absolute atomic E-state index is 11.6. The summed E-state index contributed by atoms with van der Waals surface area (Å²) in [7, 11) is 0. The van der Waals surface area contributed by atoms with E-state index in [1.165, 1.54) is 14.7 Å². The van der Waals surface area contributed by atoms with Crippen LogP contribution in [0.25, 0.3) is 0 Å². The second-order valence-corrected chi connectivity index (χ2v) is 27.2. The molecule has 5 rings (SSSR count). The van der Waals surface area contributed by atoms with Crippen molar-refractivity contribution in [2.45, 2.75) is 129 Å². The van der Waals surface area contributed by atoms with Gasteiger partial charge < -0.3 is 95.9 Å². The first-order valence-corrected chi connectivity index (χ1v) is 42.0. The molecule has 52 heteroatoms. The van der Waals surface area contributed by atoms with Crippen LogP contribution in [0.1, 0.15) is 125 Å². The molecule has 670 valence electrons. The van der Waals surface area contributed by atoms with Crippen LogP contribution in [0.3, 0.4) is 0 Å². The number of anilines is 2. The van der Waals surface area contributed by atoms with Crippen molar-refractivity contribution in [3.05, 3.63) is 50.7 Å². The van der Waals surface area contributed by atoms with Crippen molar-refractivity contribution in [2.24, 2.45) is 23.1 Å². The van der Waals surface area contributed by atoms with Crippen molar-refractivity contribution in [1.82, 2.24) is 44.9 Å². The van der Waals surface area contributed by atoms with E-state index in [1.54, 1.807) is 90.0 Å². The zero-order valence-electron chi connectivity index (χ0n) is 68.3. The van der Waals surface area contributed by atoms with Gasteiger partial charge in [0, 0.05) is 42.9 Å². The van der Waals surface area contributed by atoms with Gasteiger partial charge in [0.25, 0.3) is 5.56 Å². The molecular weight excluding hydrogens is 1830 g/mol. The molecule has 0 saturated carbocycles. The minimum absolute atomic E-state index is 0. The smallest absolute Gasteiger partial charge is 0.855 e. The first-order chi connectivity index (χ1) is 54.1. The molecule has 1 unspecified atom stereocenters. The van der Waals surface area contributed by atoms with Crippen molar-refractivity contribution in [3.8, 4) is 0 Å². The van der Waals surface area contributed by atoms with Crippen molar-refractivity contribution < 1.29 is 158 Å². The van der Waals surface area contributed by atoms with Gasteiger partial charge in [-0.15, -0.1) is 19.0 Å². The molecule has 0 spiro atoms. The summed E-state index contributed by atoms with van der Waals surface area (Å²) in [6.45, 7) is 30.6. The SMILES string of the molecule is C=CC(=O)OCC.CCOC(=O)C1CN(C(=O)OCC)CC1=O.CCOC(=O)CCN(CC(=O)OCC)C(=O)OCC.CCOC(=O)CCNCC(=O)OCC.CCOC(=O)CN.CCOC(=O)Cl.CCOC(=O)N1Cc2nc(N)[nH]c(=O)c2C1.CCOC(=O)N1Cc2nc(N)nc(Cl)c2C1.CC[O-].CI.Cl.N=C(N)N.O=P(Cl)(Cl)Cl.[Na+]. The second kappa shape index (κ2) is 82.4. The van der Waals surface area contributed by atoms with E-state index < -0.39 is 52.7 Å². The Morgan fingerprint density at radius 1 is 0.598 bits per heavy atom. The number of aromatic amines is 1. The van der Waals surface area contributed by atoms with Crippen molar-refractivity contribution in [3.63, 3.8) is 0 Å². The van der Waals surface area contributed by atoms with Gasteiger partial charge in [-0.3, -0.25) is 72.9 Å². The molecule has 13 N–H and O–H groups in total. The number of alkyl halides is 1. The molecule has 2 aromatic heterocycles. The van der Waals surface area contributed by atoms with E-state index in [0.29, 0.717) is 88.0 Å². The summed E-state index contributed by atoms with van der Waals surface area (Å²) >= 11 is 26.6. The first-order valence-electron chi connectivity index (χ1n) is 34.7. The van der Waals surface area contributed by atoms with Crippen LogP contribution in [0, 0.1) is 11.3 Å². The van der Waals surface area contributed by atoms with E-state index in [4.69, 9.17) is 88.8 Å². The number of hydrogen-bond donors (Lipinski definition) is 8. The van der Waals surface area contributed by atoms with Gasteiger partial charge in [0.15, 0.2) is 11.7 Å². The Balaban J connectivity index is -0.000000162. The van der Waals surface area contributed by atoms with Crippen LogP contribution in [0.5, 0.6) is 0 Å². The van der Waals surface area contributed by atoms with E-state index in [1.807, 2.05) is 4.93 Å². The third kappa shape index (κ3) is 74.7. The van der Waals surface area contributed by atoms with E-state index in [-0.39, 0.29) is 206 Å². The molecule has 2 aromatic rings. The largest absolute Gasteiger partial charge is 1.00 e. The number of carbonyl (C=O) groups is 13. The monoisotopic (exact) mass is 1940 g/mol. The molecule has 0 radical (unpaired) electrons. The van der Waals surface area contributed by atoms with Gasteiger partial charge in [-0.05, 0) is 122 Å². The molecule has 117 heavy (non-hydrogen) atoms. The van der Waals surface area contributed by atoms with Crippen LogP contribution in [-0.4, -0.2) is 259 Å². The predicted molar refractivity (Wildman–Crippen MR) is 439 cm³/mol. The Morgan fingerprint density at radius 3 is 1.37 bits per heavy atom. The van der Waals surface area contributed by atoms with Crippen LogP contribution < -0.4 is 74.2 Å². The van der Waals surface area contributed by atoms with E-state index in [9.17, 15) is 71.7 Å². The van der Waals surface area contributed by atoms with Gasteiger partial charge in [-0.25, -0.2) is 43.7 Å². The van der Waals surface area contributed by atoms with Gasteiger partial charge in [-0.2, -0.15) is 0 Å². The number of amides is 4. The molecular formula is C65H112Cl6IN15NaO28P. The fourth-order valence-electron chi connectivity index (χ4n) is 7.33. The number of ether oxygens (including phenoxy) is 12. The zero-order valence-corrected chi connectivity index (χ0v) is 78.0. The third-order valence-electron chi connectivity index (χ3n) is 11.5. The molecule has 0 aromatic carbocycles. The minimum Gasteiger partial charge on any atom is -0.855 e. The second-order valence-electron chi connectivity index (χ2n) is 19.9. The number of ketones is 1. The van der Waals surface area contributed by atoms with Crippen LogP contribution in [-0.2, 0) is 126 Å². The number of nitrogens with zero attached hydrogens (tertiary/aromatic N) is 7. The minimum atomic E-state index is -3.22. The summed E-state index contributed by atoms with van der Waals surface area (Å²) < 4.78 is 65.4. The van der Waals surface area contributed by atoms with Crippen molar-refractivity contribution in [2.75, 3.05) is 148 Å². The fraction of sp³-hybridized carbons (Fsp3) is 0.631. The number of carbonyl (C=O) groups excluding carboxylic acids is 13. The van der Waals surface area contributed by atoms with E-state index in [0.717, 1.165) is 16.5 Å². The molecule has 1 fully saturated rings. The maximum atomic E-state index is 11.6. The van der Waals surface area contributed by atoms with Crippen LogP contribution in [0.4, 0.5) is 35.9 Å². The number of fused-ring (bicyclic) bond motifs is 2. The number of Topliss-reactive ketones (excluding diaryl/α,β-unsaturated/α-hetero) is 1. The topological polar surface area (TPSA) is 623 Å². The van der Waals surface area contributed by atoms with Crippen molar-refractivity contribution >= 4 is 192 Å². The Labute approximate surface area is 746 Å². The summed E-state index contributed by atoms with van der Waals surface area (Å²) in [6, 6.07) is 0. The summed E-state index contributed by atoms with van der Waals surface area (Å²) in [5, 5.41) is 14.8. The summed E-state index contributed by atoms with van der Waals surface area (Å²) in [4.78, 5) is 176. The number of likely N-dealkylation sites (tertiary alicyclic amines) is 1. The number of nitrogens with two attached hydrogens (primary N) is 5. The number of nitrogen functional groups attached to an aromatic ring is 2. The average Bonchev–Trinajstić information content (AvgIpc) is 1.67. The zero-order chi connectivity index (χ0) is 90.2. The van der Waals surface area contributed by atoms with Gasteiger partial charge in [0.1, 0.15) is 17.6 Å². The maximum Gasteiger partial charge on any atom is 1.00 e. The molecule has 1 atom stereocenters. The van der Waals surface area contributed by atoms with Gasteiger partial charge in [0.2, 0.25) is 11.9 Å². The standard InChI is InChI=1S/C12H21NO6.C10H15NO5.C9H11ClN4O2.C9H12N4O3.C9H17NO4.C5H8O2.C4H9NO2.C3H5ClO2.C2H5O.CH3I.CH5N3.Cl3OP.ClH.Na/c1-4-17-10(14)7-8-13(12(16)19-6-3)9-11(15)18-5-2;1-3-15-9(13)7-5-11(6-8(7)12)10(14)16-4-2;1-2-16-9(15)14-3-5-6(4-14)12-8(11)13-7(5)10;1-2-16-9(15)13-3-5-6(4-13)11-8(10)12-7(5)14;1-3-13-8(11)5-6-10-7-9(12)14-4-2;1-3-5(6)7-4-2;1-2-7-4(6)3-5;1-2-6-3(4)5;1-2-3;1-2;2-1(3)4;1-5(2,3)4;;/h4-9H2,1-3H3;7H,3-6H2,1-2H3;2-4H2,1H3,(H2,11,12,13);2-4H2,1H3,(H3,10,11,12,14);10H,3-7H2,1-2H3;3H,1,4H2,2H3;2-3,5H2,1H3;2H2,1H3;2H2,1H3;1H3;(H5,2,3,4);;1H;/q;;;;;;;;-1;;;;;+1. The normalized spacial score (nSPS) is 11.4. The Bertz CT molecular complexity index is 3300. The number of hydrogen-bond acceptors (Lipinski definition) is 36. The van der Waals surface area contributed by atoms with Crippen molar-refractivity contribution in [1.29, 1.82) is 5.41 Å². The number of rotatable bonds is 25. The Morgan fingerprint density at radius 2 is 0.983 bits per heavy atom. The number of esters is 7. The summed E-state index contributed by atoms with van der Waals surface area (Å²) in [5.74, 6) is -4.12. The number of nitrogens with one attached hydrogen (secondary N) is 3. The average molecular weight is 1950 g/mol. The molecule has 4 amide bonds. The van der Waals surface area contributed by atoms with Gasteiger partial charge in [-0.1, -0.05) is 47.7 Å². The molecule has 43 nitrogen and oxygen atoms in total. The van der Waals surface area contributed by atoms with E-state index >= 15 is 0 Å². The number of H-pyrrole nitrogens is 1. The first kappa shape index (κ1) is 128. The fourth-order valence-corrected chi connectivity index (χ4v) is 7.69. The van der Waals surface area contributed by atoms with Crippen LogP contribution in [0.2, 0.25) is 5.15 Å². The third-order valence-corrected chi connectivity index (χ3v) is 11.9. The Hall–Kier alpha value is -7.34. The van der Waals surface area contributed by atoms with Crippen LogP contribution >= 0.6 is 97.1 Å². The summed E-state index contributed by atoms with van der Waals surface area (Å²) in [5.41, 5.74) is 26.1. The molecule has 0 bridgehead atoms. The quantitative estimate of drug-likeness (QED) is 0.00564. The number of halogens is 7. The predicted octanol–water partition coefficient (Wildman–Crippen LogP) is 3.39. The van der Waals surface area contributed by atoms with Gasteiger partial charge >= 0.3 is 106 Å². The van der Waals surface area contributed by atoms with E-state index in [2.05, 4.69) is 119 Å². The van der Waals surface area contributed by atoms with Crippen LogP contribution in [0.15, 0.2) is 17.4 Å². The molecule has 5 heterocycles. The number of guanidine groups is 1. The summed E-state index contributed by atoms with van der Waals surface area (Å²) in [6.07, 6.45) is -0.626. The van der Waals surface area contributed by atoms with Gasteiger partial charge in [0.05, 0.1) is 155 Å². The molecule has 3 aliphatic heterocycles. The number of aromatic nitrogens is 4. The Kier molecular flexibility index (Phi) is 90.0. The molecule has 0 aliphatic carbocycles. The molecule has 3 aliphatic rings. The molecule has 1 saturated heterocycles.